The van der Waals surface area contributed by atoms with Crippen LogP contribution in [0.4, 0.5) is 0 Å². The molecule has 1 unspecified atom stereocenters. The Morgan fingerprint density at radius 3 is 3.00 bits per heavy atom. The van der Waals surface area contributed by atoms with Crippen LogP contribution in [0.15, 0.2) is 22.7 Å². The van der Waals surface area contributed by atoms with Gasteiger partial charge in [-0.25, -0.2) is 0 Å². The Hall–Kier alpha value is -2.37. The van der Waals surface area contributed by atoms with E-state index in [-0.39, 0.29) is 5.91 Å². The minimum Gasteiger partial charge on any atom is -0.493 e. The van der Waals surface area contributed by atoms with Crippen molar-refractivity contribution in [1.82, 2.24) is 15.0 Å². The van der Waals surface area contributed by atoms with Gasteiger partial charge in [0.25, 0.3) is 0 Å². The highest BCUT2D eigenvalue weighted by Crippen LogP contribution is 2.35. The van der Waals surface area contributed by atoms with Crippen molar-refractivity contribution in [1.29, 1.82) is 0 Å². The molecule has 2 aromatic rings. The number of aromatic nitrogens is 2. The summed E-state index contributed by atoms with van der Waals surface area (Å²) in [6.07, 6.45) is 1.59. The van der Waals surface area contributed by atoms with Gasteiger partial charge in [-0.3, -0.25) is 4.79 Å². The molecule has 0 N–H and O–H groups in total. The number of ether oxygens (including phenoxy) is 1. The summed E-state index contributed by atoms with van der Waals surface area (Å²) in [5.74, 6) is 1.87. The largest absolute Gasteiger partial charge is 0.493 e. The SMILES string of the molecule is CN1CCC(C)(c2nc(-c3ccc4c(c3)CCO4)no2)C1=O. The smallest absolute Gasteiger partial charge is 0.242 e. The fraction of sp³-hybridized carbons (Fsp3) is 0.438. The first-order valence-electron chi connectivity index (χ1n) is 7.44. The average molecular weight is 299 g/mol. The second-order valence-electron chi connectivity index (χ2n) is 6.15. The third-order valence-electron chi connectivity index (χ3n) is 4.61. The molecule has 0 spiro atoms. The highest BCUT2D eigenvalue weighted by molar-refractivity contribution is 5.88. The number of benzene rings is 1. The third kappa shape index (κ3) is 1.83. The Bertz CT molecular complexity index is 755. The van der Waals surface area contributed by atoms with Crippen LogP contribution < -0.4 is 4.74 Å². The lowest BCUT2D eigenvalue weighted by Gasteiger charge is -2.16. The van der Waals surface area contributed by atoms with Crippen LogP contribution in [0.5, 0.6) is 5.75 Å². The molecule has 0 saturated carbocycles. The molecule has 4 rings (SSSR count). The van der Waals surface area contributed by atoms with Gasteiger partial charge in [-0.15, -0.1) is 0 Å². The molecule has 2 aliphatic heterocycles. The van der Waals surface area contributed by atoms with Crippen molar-refractivity contribution in [2.45, 2.75) is 25.2 Å². The number of likely N-dealkylation sites (N-methyl/N-ethyl adjacent to an activating group) is 1. The lowest BCUT2D eigenvalue weighted by Crippen LogP contribution is -2.33. The molecule has 2 aliphatic rings. The van der Waals surface area contributed by atoms with Gasteiger partial charge in [0.1, 0.15) is 11.2 Å². The van der Waals surface area contributed by atoms with E-state index in [1.165, 1.54) is 0 Å². The predicted octanol–water partition coefficient (Wildman–Crippen LogP) is 1.79. The molecule has 0 bridgehead atoms. The van der Waals surface area contributed by atoms with Crippen LogP contribution in [0.2, 0.25) is 0 Å². The lowest BCUT2D eigenvalue weighted by molar-refractivity contribution is -0.131. The second kappa shape index (κ2) is 4.56. The summed E-state index contributed by atoms with van der Waals surface area (Å²) in [5, 5.41) is 4.06. The summed E-state index contributed by atoms with van der Waals surface area (Å²) in [6.45, 7) is 3.30. The first kappa shape index (κ1) is 13.3. The molecule has 1 atom stereocenters. The summed E-state index contributed by atoms with van der Waals surface area (Å²) in [7, 11) is 1.80. The maximum atomic E-state index is 12.3. The van der Waals surface area contributed by atoms with E-state index in [1.54, 1.807) is 11.9 Å². The molecule has 1 amide bonds. The Balaban J connectivity index is 1.69. The van der Waals surface area contributed by atoms with Gasteiger partial charge in [0.15, 0.2) is 0 Å². The van der Waals surface area contributed by atoms with Crippen molar-refractivity contribution in [2.75, 3.05) is 20.2 Å². The predicted molar refractivity (Wildman–Crippen MR) is 78.5 cm³/mol. The minimum atomic E-state index is -0.708. The zero-order valence-electron chi connectivity index (χ0n) is 12.6. The maximum Gasteiger partial charge on any atom is 0.242 e. The van der Waals surface area contributed by atoms with Crippen LogP contribution >= 0.6 is 0 Å². The summed E-state index contributed by atoms with van der Waals surface area (Å²) in [4.78, 5) is 18.5. The van der Waals surface area contributed by atoms with Gasteiger partial charge in [0.2, 0.25) is 17.6 Å². The monoisotopic (exact) mass is 299 g/mol. The molecule has 114 valence electrons. The fourth-order valence-corrected chi connectivity index (χ4v) is 3.11. The Kier molecular flexibility index (Phi) is 2.76. The molecular formula is C16H17N3O3. The van der Waals surface area contributed by atoms with Gasteiger partial charge in [-0.1, -0.05) is 5.16 Å². The van der Waals surface area contributed by atoms with Gasteiger partial charge in [0, 0.05) is 25.6 Å². The van der Waals surface area contributed by atoms with Gasteiger partial charge < -0.3 is 14.2 Å². The van der Waals surface area contributed by atoms with Crippen molar-refractivity contribution < 1.29 is 14.1 Å². The Labute approximate surface area is 128 Å². The van der Waals surface area contributed by atoms with E-state index in [9.17, 15) is 4.79 Å². The molecule has 3 heterocycles. The lowest BCUT2D eigenvalue weighted by atomic mass is 9.89. The van der Waals surface area contributed by atoms with E-state index in [4.69, 9.17) is 9.26 Å². The van der Waals surface area contributed by atoms with Crippen molar-refractivity contribution in [3.05, 3.63) is 29.7 Å². The molecular weight excluding hydrogens is 282 g/mol. The van der Waals surface area contributed by atoms with Crippen molar-refractivity contribution >= 4 is 5.91 Å². The number of hydrogen-bond donors (Lipinski definition) is 0. The molecule has 1 aromatic carbocycles. The van der Waals surface area contributed by atoms with E-state index in [1.807, 2.05) is 25.1 Å². The van der Waals surface area contributed by atoms with Crippen LogP contribution in [-0.2, 0) is 16.6 Å². The quantitative estimate of drug-likeness (QED) is 0.845. The number of likely N-dealkylation sites (tertiary alicyclic amines) is 1. The number of amides is 1. The van der Waals surface area contributed by atoms with Gasteiger partial charge >= 0.3 is 0 Å². The van der Waals surface area contributed by atoms with Crippen molar-refractivity contribution in [2.24, 2.45) is 0 Å². The maximum absolute atomic E-state index is 12.3. The van der Waals surface area contributed by atoms with Gasteiger partial charge in [0.05, 0.1) is 6.61 Å². The van der Waals surface area contributed by atoms with Gasteiger partial charge in [-0.2, -0.15) is 4.98 Å². The van der Waals surface area contributed by atoms with Gasteiger partial charge in [-0.05, 0) is 37.1 Å². The standard InChI is InChI=1S/C16H17N3O3/c1-16(6-7-19(2)15(16)20)14-17-13(18-22-14)11-3-4-12-10(9-11)5-8-21-12/h3-4,9H,5-8H2,1-2H3. The second-order valence-corrected chi connectivity index (χ2v) is 6.15. The molecule has 0 aliphatic carbocycles. The molecule has 1 fully saturated rings. The fourth-order valence-electron chi connectivity index (χ4n) is 3.11. The molecule has 6 nitrogen and oxygen atoms in total. The van der Waals surface area contributed by atoms with Crippen LogP contribution in [-0.4, -0.2) is 41.1 Å². The van der Waals surface area contributed by atoms with Crippen molar-refractivity contribution in [3.8, 4) is 17.1 Å². The minimum absolute atomic E-state index is 0.0325. The van der Waals surface area contributed by atoms with Crippen LogP contribution in [0.1, 0.15) is 24.8 Å². The topological polar surface area (TPSA) is 68.5 Å². The number of nitrogens with zero attached hydrogens (tertiary/aromatic N) is 3. The Morgan fingerprint density at radius 2 is 2.23 bits per heavy atom. The van der Waals surface area contributed by atoms with E-state index in [0.717, 1.165) is 29.9 Å². The molecule has 22 heavy (non-hydrogen) atoms. The number of hydrogen-bond acceptors (Lipinski definition) is 5. The zero-order valence-corrected chi connectivity index (χ0v) is 12.6. The summed E-state index contributed by atoms with van der Waals surface area (Å²) >= 11 is 0. The normalized spacial score (nSPS) is 23.7. The Morgan fingerprint density at radius 1 is 1.36 bits per heavy atom. The highest BCUT2D eigenvalue weighted by atomic mass is 16.5. The van der Waals surface area contributed by atoms with E-state index < -0.39 is 5.41 Å². The molecule has 1 aromatic heterocycles. The summed E-state index contributed by atoms with van der Waals surface area (Å²) < 4.78 is 10.9. The average Bonchev–Trinajstić information content (AvgIpc) is 3.23. The third-order valence-corrected chi connectivity index (χ3v) is 4.61. The number of fused-ring (bicyclic) bond motifs is 1. The number of carbonyl (C=O) groups is 1. The number of carbonyl (C=O) groups excluding carboxylic acids is 1. The summed E-state index contributed by atoms with van der Waals surface area (Å²) in [6, 6.07) is 5.88. The van der Waals surface area contributed by atoms with E-state index in [2.05, 4.69) is 10.1 Å². The summed E-state index contributed by atoms with van der Waals surface area (Å²) in [5.41, 5.74) is 1.34. The highest BCUT2D eigenvalue weighted by Gasteiger charge is 2.47. The van der Waals surface area contributed by atoms with E-state index in [0.29, 0.717) is 24.7 Å². The molecule has 6 heteroatoms. The molecule has 1 saturated heterocycles. The van der Waals surface area contributed by atoms with Crippen LogP contribution in [0, 0.1) is 0 Å². The first-order valence-corrected chi connectivity index (χ1v) is 7.44. The number of rotatable bonds is 2. The molecule has 0 radical (unpaired) electrons. The first-order chi connectivity index (χ1) is 10.6. The zero-order chi connectivity index (χ0) is 15.3. The van der Waals surface area contributed by atoms with Crippen LogP contribution in [0.3, 0.4) is 0 Å². The van der Waals surface area contributed by atoms with Crippen molar-refractivity contribution in [3.63, 3.8) is 0 Å². The van der Waals surface area contributed by atoms with Crippen LogP contribution in [0.25, 0.3) is 11.4 Å². The van der Waals surface area contributed by atoms with E-state index >= 15 is 0 Å².